The van der Waals surface area contributed by atoms with Crippen LogP contribution in [0.15, 0.2) is 41.5 Å². The van der Waals surface area contributed by atoms with Gasteiger partial charge in [-0.15, -0.1) is 0 Å². The van der Waals surface area contributed by atoms with Crippen molar-refractivity contribution in [1.82, 2.24) is 14.1 Å². The molecule has 1 aliphatic rings. The summed E-state index contributed by atoms with van der Waals surface area (Å²) >= 11 is 0. The van der Waals surface area contributed by atoms with Gasteiger partial charge in [0.25, 0.3) is 0 Å². The van der Waals surface area contributed by atoms with Gasteiger partial charge in [-0.2, -0.15) is 13.2 Å². The third-order valence-electron chi connectivity index (χ3n) is 4.18. The lowest BCUT2D eigenvalue weighted by Gasteiger charge is -2.10. The fourth-order valence-electron chi connectivity index (χ4n) is 2.70. The number of halogens is 3. The average Bonchev–Trinajstić information content (AvgIpc) is 3.14. The van der Waals surface area contributed by atoms with Gasteiger partial charge in [0.05, 0.1) is 35.6 Å². The molecule has 1 fully saturated rings. The van der Waals surface area contributed by atoms with Crippen molar-refractivity contribution in [3.63, 3.8) is 0 Å². The highest BCUT2D eigenvalue weighted by Crippen LogP contribution is 2.35. The summed E-state index contributed by atoms with van der Waals surface area (Å²) in [5.41, 5.74) is -0.134. The number of hydrogen-bond acceptors (Lipinski definition) is 4. The van der Waals surface area contributed by atoms with Gasteiger partial charge in [0, 0.05) is 23.5 Å². The van der Waals surface area contributed by atoms with Gasteiger partial charge in [0.1, 0.15) is 5.65 Å². The average molecular weight is 385 g/mol. The van der Waals surface area contributed by atoms with E-state index in [1.165, 1.54) is 29.3 Å². The van der Waals surface area contributed by atoms with Crippen LogP contribution in [0.2, 0.25) is 0 Å². The molecule has 0 aromatic carbocycles. The van der Waals surface area contributed by atoms with Gasteiger partial charge < -0.3 is 8.82 Å². The molecule has 10 heteroatoms. The zero-order valence-corrected chi connectivity index (χ0v) is 14.1. The van der Waals surface area contributed by atoms with Crippen LogP contribution in [0, 0.1) is 0 Å². The van der Waals surface area contributed by atoms with E-state index in [1.54, 1.807) is 6.07 Å². The predicted molar refractivity (Wildman–Crippen MR) is 86.7 cm³/mol. The Kier molecular flexibility index (Phi) is 3.85. The maximum Gasteiger partial charge on any atom is 0.420 e. The first-order valence-corrected chi connectivity index (χ1v) is 9.38. The first kappa shape index (κ1) is 17.1. The largest absolute Gasteiger partial charge is 0.472 e. The Bertz CT molecular complexity index is 1050. The number of nitrogens with zero attached hydrogens (tertiary/aromatic N) is 2. The fourth-order valence-corrected chi connectivity index (χ4v) is 4.04. The maximum absolute atomic E-state index is 13.4. The molecule has 0 atom stereocenters. The van der Waals surface area contributed by atoms with Gasteiger partial charge in [0.2, 0.25) is 10.0 Å². The molecule has 0 radical (unpaired) electrons. The van der Waals surface area contributed by atoms with Crippen molar-refractivity contribution in [2.45, 2.75) is 30.8 Å². The molecule has 1 saturated carbocycles. The van der Waals surface area contributed by atoms with Gasteiger partial charge in [-0.25, -0.2) is 18.1 Å². The summed E-state index contributed by atoms with van der Waals surface area (Å²) in [6, 6.07) is 2.56. The van der Waals surface area contributed by atoms with Crippen molar-refractivity contribution in [2.75, 3.05) is 0 Å². The van der Waals surface area contributed by atoms with Crippen LogP contribution in [0.4, 0.5) is 13.2 Å². The van der Waals surface area contributed by atoms with Crippen molar-refractivity contribution in [3.8, 4) is 11.1 Å². The van der Waals surface area contributed by atoms with E-state index < -0.39 is 27.0 Å². The smallest absolute Gasteiger partial charge is 0.420 e. The number of hydrogen-bond donors (Lipinski definition) is 1. The van der Waals surface area contributed by atoms with Gasteiger partial charge in [0.15, 0.2) is 0 Å². The minimum Gasteiger partial charge on any atom is -0.472 e. The van der Waals surface area contributed by atoms with Crippen LogP contribution in [0.3, 0.4) is 0 Å². The summed E-state index contributed by atoms with van der Waals surface area (Å²) in [6.07, 6.45) is 2.23. The van der Waals surface area contributed by atoms with Crippen LogP contribution in [0.5, 0.6) is 0 Å². The Labute approximate surface area is 146 Å². The summed E-state index contributed by atoms with van der Waals surface area (Å²) in [6.45, 7) is -0.154. The van der Waals surface area contributed by atoms with E-state index >= 15 is 0 Å². The summed E-state index contributed by atoms with van der Waals surface area (Å²) in [5, 5.41) is -0.405. The molecule has 0 bridgehead atoms. The molecular formula is C16H14F3N3O3S. The van der Waals surface area contributed by atoms with E-state index in [1.807, 2.05) is 0 Å². The quantitative estimate of drug-likeness (QED) is 0.732. The minimum absolute atomic E-state index is 0.154. The molecule has 6 nitrogen and oxygen atoms in total. The molecule has 4 rings (SSSR count). The molecule has 3 aromatic heterocycles. The molecule has 26 heavy (non-hydrogen) atoms. The lowest BCUT2D eigenvalue weighted by atomic mass is 10.1. The van der Waals surface area contributed by atoms with Gasteiger partial charge in [-0.3, -0.25) is 0 Å². The van der Waals surface area contributed by atoms with Crippen LogP contribution in [0.25, 0.3) is 16.8 Å². The van der Waals surface area contributed by atoms with E-state index in [-0.39, 0.29) is 17.9 Å². The van der Waals surface area contributed by atoms with E-state index in [0.29, 0.717) is 24.0 Å². The predicted octanol–water partition coefficient (Wildman–Crippen LogP) is 3.19. The molecule has 0 spiro atoms. The summed E-state index contributed by atoms with van der Waals surface area (Å²) in [5.74, 6) is 0. The molecule has 0 unspecified atom stereocenters. The Morgan fingerprint density at radius 1 is 1.27 bits per heavy atom. The highest BCUT2D eigenvalue weighted by atomic mass is 32.2. The topological polar surface area (TPSA) is 76.6 Å². The molecule has 0 amide bonds. The van der Waals surface area contributed by atoms with Crippen LogP contribution < -0.4 is 4.72 Å². The van der Waals surface area contributed by atoms with Crippen LogP contribution in [-0.4, -0.2) is 23.1 Å². The number of sulfonamides is 1. The number of nitrogens with one attached hydrogen (secondary N) is 1. The third-order valence-corrected chi connectivity index (χ3v) is 6.07. The van der Waals surface area contributed by atoms with Crippen molar-refractivity contribution in [3.05, 3.63) is 48.3 Å². The fraction of sp³-hybridized carbons (Fsp3) is 0.312. The van der Waals surface area contributed by atoms with E-state index in [0.717, 1.165) is 6.07 Å². The Hall–Kier alpha value is -2.33. The highest BCUT2D eigenvalue weighted by molar-refractivity contribution is 7.90. The number of rotatable bonds is 5. The number of aromatic nitrogens is 2. The van der Waals surface area contributed by atoms with Crippen molar-refractivity contribution in [2.24, 2.45) is 0 Å². The molecule has 1 aliphatic carbocycles. The standard InChI is InChI=1S/C16H14F3N3O3S/c17-16(18,19)14-5-11(10-3-4-25-9-10)7-22-8-12(21-15(14)22)6-20-26(23,24)13-1-2-13/h3-5,7-9,13,20H,1-2,6H2. The number of alkyl halides is 3. The Morgan fingerprint density at radius 3 is 2.65 bits per heavy atom. The maximum atomic E-state index is 13.4. The van der Waals surface area contributed by atoms with Gasteiger partial charge in [-0.05, 0) is 25.0 Å². The molecule has 138 valence electrons. The lowest BCUT2D eigenvalue weighted by molar-refractivity contribution is -0.136. The molecule has 0 saturated heterocycles. The normalized spacial score (nSPS) is 15.7. The van der Waals surface area contributed by atoms with Crippen LogP contribution in [-0.2, 0) is 22.7 Å². The lowest BCUT2D eigenvalue weighted by Crippen LogP contribution is -2.26. The van der Waals surface area contributed by atoms with Gasteiger partial charge in [-0.1, -0.05) is 0 Å². The third kappa shape index (κ3) is 3.21. The second kappa shape index (κ2) is 5.85. The minimum atomic E-state index is -4.60. The van der Waals surface area contributed by atoms with E-state index in [9.17, 15) is 21.6 Å². The Morgan fingerprint density at radius 2 is 2.04 bits per heavy atom. The number of furan rings is 1. The molecule has 0 aliphatic heterocycles. The second-order valence-corrected chi connectivity index (χ2v) is 8.23. The number of fused-ring (bicyclic) bond motifs is 1. The zero-order chi connectivity index (χ0) is 18.5. The highest BCUT2D eigenvalue weighted by Gasteiger charge is 2.36. The molecule has 1 N–H and O–H groups in total. The molecule has 3 heterocycles. The monoisotopic (exact) mass is 385 g/mol. The van der Waals surface area contributed by atoms with E-state index in [4.69, 9.17) is 4.42 Å². The zero-order valence-electron chi connectivity index (χ0n) is 13.3. The van der Waals surface area contributed by atoms with Crippen molar-refractivity contribution < 1.29 is 26.0 Å². The first-order valence-electron chi connectivity index (χ1n) is 7.84. The molecular weight excluding hydrogens is 371 g/mol. The number of pyridine rings is 1. The first-order chi connectivity index (χ1) is 12.2. The van der Waals surface area contributed by atoms with Crippen molar-refractivity contribution in [1.29, 1.82) is 0 Å². The molecule has 3 aromatic rings. The summed E-state index contributed by atoms with van der Waals surface area (Å²) in [7, 11) is -3.44. The number of imidazole rings is 1. The van der Waals surface area contributed by atoms with Crippen LogP contribution >= 0.6 is 0 Å². The Balaban J connectivity index is 1.73. The van der Waals surface area contributed by atoms with E-state index in [2.05, 4.69) is 9.71 Å². The summed E-state index contributed by atoms with van der Waals surface area (Å²) in [4.78, 5) is 3.98. The second-order valence-electron chi connectivity index (χ2n) is 6.18. The van der Waals surface area contributed by atoms with Crippen molar-refractivity contribution >= 4 is 15.7 Å². The SMILES string of the molecule is O=S(=O)(NCc1cn2cc(-c3ccoc3)cc(C(F)(F)F)c2n1)C1CC1. The van der Waals surface area contributed by atoms with Gasteiger partial charge >= 0.3 is 6.18 Å². The summed E-state index contributed by atoms with van der Waals surface area (Å²) < 4.78 is 72.7. The van der Waals surface area contributed by atoms with Crippen LogP contribution in [0.1, 0.15) is 24.1 Å².